The van der Waals surface area contributed by atoms with E-state index in [1.54, 1.807) is 29.2 Å². The molecule has 0 aliphatic carbocycles. The topological polar surface area (TPSA) is 38.1 Å². The van der Waals surface area contributed by atoms with E-state index in [-0.39, 0.29) is 30.1 Å². The standard InChI is InChI=1S/C28H27ClF3N3O/c1-27(2,3)21-13-11-20(12-14-21)18-34(16-15-19-7-6-8-22(17-19)28(30,31)32)26(36)35-24-10-5-4-9-23(24)25(29)33-35/h4-14,17H,15-16,18H2,1-3H3. The summed E-state index contributed by atoms with van der Waals surface area (Å²) in [4.78, 5) is 15.2. The van der Waals surface area contributed by atoms with Crippen molar-refractivity contribution < 1.29 is 18.0 Å². The van der Waals surface area contributed by atoms with Crippen molar-refractivity contribution in [2.75, 3.05) is 6.54 Å². The van der Waals surface area contributed by atoms with Crippen molar-refractivity contribution in [1.29, 1.82) is 0 Å². The number of aromatic nitrogens is 2. The summed E-state index contributed by atoms with van der Waals surface area (Å²) in [6.07, 6.45) is -4.17. The Morgan fingerprint density at radius 2 is 1.61 bits per heavy atom. The zero-order valence-electron chi connectivity index (χ0n) is 20.3. The summed E-state index contributed by atoms with van der Waals surface area (Å²) < 4.78 is 40.8. The van der Waals surface area contributed by atoms with E-state index in [2.05, 4.69) is 25.9 Å². The van der Waals surface area contributed by atoms with Gasteiger partial charge >= 0.3 is 12.2 Å². The summed E-state index contributed by atoms with van der Waals surface area (Å²) in [5, 5.41) is 5.11. The highest BCUT2D eigenvalue weighted by Crippen LogP contribution is 2.30. The molecule has 0 atom stereocenters. The highest BCUT2D eigenvalue weighted by molar-refractivity contribution is 6.34. The Hall–Kier alpha value is -3.32. The van der Waals surface area contributed by atoms with Crippen LogP contribution < -0.4 is 0 Å². The Labute approximate surface area is 213 Å². The van der Waals surface area contributed by atoms with Gasteiger partial charge in [0.2, 0.25) is 0 Å². The molecule has 0 bridgehead atoms. The molecule has 4 rings (SSSR count). The summed E-state index contributed by atoms with van der Waals surface area (Å²) in [6, 6.07) is 19.9. The van der Waals surface area contributed by atoms with E-state index in [0.29, 0.717) is 16.5 Å². The van der Waals surface area contributed by atoms with Gasteiger partial charge in [0.05, 0.1) is 11.1 Å². The van der Waals surface area contributed by atoms with Gasteiger partial charge in [0.25, 0.3) is 0 Å². The van der Waals surface area contributed by atoms with Crippen LogP contribution in [0, 0.1) is 0 Å². The molecule has 0 radical (unpaired) electrons. The van der Waals surface area contributed by atoms with Crippen LogP contribution in [0.3, 0.4) is 0 Å². The van der Waals surface area contributed by atoms with Crippen LogP contribution in [-0.4, -0.2) is 27.3 Å². The number of amides is 1. The number of para-hydroxylation sites is 1. The first-order valence-corrected chi connectivity index (χ1v) is 12.0. The molecule has 4 aromatic rings. The molecule has 0 saturated heterocycles. The summed E-state index contributed by atoms with van der Waals surface area (Å²) >= 11 is 6.27. The van der Waals surface area contributed by atoms with Crippen molar-refractivity contribution in [3.8, 4) is 0 Å². The smallest absolute Gasteiger partial charge is 0.318 e. The van der Waals surface area contributed by atoms with Crippen LogP contribution in [0.15, 0.2) is 72.8 Å². The van der Waals surface area contributed by atoms with Crippen LogP contribution in [0.4, 0.5) is 18.0 Å². The summed E-state index contributed by atoms with van der Waals surface area (Å²) in [7, 11) is 0. The number of hydrogen-bond acceptors (Lipinski definition) is 2. The number of alkyl halides is 3. The second-order valence-electron chi connectivity index (χ2n) is 9.82. The minimum absolute atomic E-state index is 0.0116. The third-order valence-corrected chi connectivity index (χ3v) is 6.39. The predicted octanol–water partition coefficient (Wildman–Crippen LogP) is 7.72. The first-order valence-electron chi connectivity index (χ1n) is 11.6. The van der Waals surface area contributed by atoms with E-state index in [0.717, 1.165) is 23.3 Å². The summed E-state index contributed by atoms with van der Waals surface area (Å²) in [5.41, 5.74) is 2.41. The van der Waals surface area contributed by atoms with E-state index in [1.165, 1.54) is 10.7 Å². The van der Waals surface area contributed by atoms with Crippen LogP contribution in [0.5, 0.6) is 0 Å². The maximum absolute atomic E-state index is 13.6. The Kier molecular flexibility index (Phi) is 7.14. The highest BCUT2D eigenvalue weighted by atomic mass is 35.5. The lowest BCUT2D eigenvalue weighted by atomic mass is 9.87. The zero-order chi connectivity index (χ0) is 26.1. The fourth-order valence-electron chi connectivity index (χ4n) is 4.05. The van der Waals surface area contributed by atoms with Gasteiger partial charge in [-0.15, -0.1) is 0 Å². The van der Waals surface area contributed by atoms with Crippen molar-refractivity contribution >= 4 is 28.5 Å². The average molecular weight is 514 g/mol. The van der Waals surface area contributed by atoms with Crippen molar-refractivity contribution in [2.24, 2.45) is 0 Å². The van der Waals surface area contributed by atoms with Crippen LogP contribution in [-0.2, 0) is 24.6 Å². The monoisotopic (exact) mass is 513 g/mol. The number of hydrogen-bond donors (Lipinski definition) is 0. The number of benzene rings is 3. The van der Waals surface area contributed by atoms with Gasteiger partial charge in [0.15, 0.2) is 5.15 Å². The van der Waals surface area contributed by atoms with Gasteiger partial charge in [-0.3, -0.25) is 0 Å². The SMILES string of the molecule is CC(C)(C)c1ccc(CN(CCc2cccc(C(F)(F)F)c2)C(=O)n2nc(Cl)c3ccccc32)cc1. The third-order valence-electron chi connectivity index (χ3n) is 6.11. The zero-order valence-corrected chi connectivity index (χ0v) is 21.1. The van der Waals surface area contributed by atoms with Crippen molar-refractivity contribution in [2.45, 2.75) is 45.3 Å². The second-order valence-corrected chi connectivity index (χ2v) is 10.2. The van der Waals surface area contributed by atoms with E-state index in [1.807, 2.05) is 30.3 Å². The largest absolute Gasteiger partial charge is 0.416 e. The molecule has 0 unspecified atom stereocenters. The van der Waals surface area contributed by atoms with Gasteiger partial charge in [-0.25, -0.2) is 4.79 Å². The first-order chi connectivity index (χ1) is 16.9. The number of halogens is 4. The molecule has 0 saturated carbocycles. The lowest BCUT2D eigenvalue weighted by molar-refractivity contribution is -0.137. The summed E-state index contributed by atoms with van der Waals surface area (Å²) in [5.74, 6) is 0. The maximum Gasteiger partial charge on any atom is 0.416 e. The average Bonchev–Trinajstić information content (AvgIpc) is 3.17. The Balaban J connectivity index is 1.63. The second kappa shape index (κ2) is 9.97. The van der Waals surface area contributed by atoms with Gasteiger partial charge in [-0.2, -0.15) is 23.0 Å². The minimum atomic E-state index is -4.43. The van der Waals surface area contributed by atoms with Crippen molar-refractivity contribution in [1.82, 2.24) is 14.7 Å². The molecule has 188 valence electrons. The van der Waals surface area contributed by atoms with Crippen LogP contribution >= 0.6 is 11.6 Å². The van der Waals surface area contributed by atoms with Gasteiger partial charge in [-0.1, -0.05) is 87.0 Å². The fraction of sp³-hybridized carbons (Fsp3) is 0.286. The maximum atomic E-state index is 13.6. The molecule has 1 amide bonds. The van der Waals surface area contributed by atoms with E-state index < -0.39 is 17.8 Å². The molecular weight excluding hydrogens is 487 g/mol. The fourth-order valence-corrected chi connectivity index (χ4v) is 4.28. The molecule has 1 heterocycles. The van der Waals surface area contributed by atoms with Crippen molar-refractivity contribution in [3.63, 3.8) is 0 Å². The molecule has 0 N–H and O–H groups in total. The molecule has 0 spiro atoms. The molecule has 36 heavy (non-hydrogen) atoms. The highest BCUT2D eigenvalue weighted by Gasteiger charge is 2.30. The molecule has 8 heteroatoms. The van der Waals surface area contributed by atoms with E-state index in [4.69, 9.17) is 11.6 Å². The van der Waals surface area contributed by atoms with Gasteiger partial charge in [0.1, 0.15) is 0 Å². The number of nitrogens with zero attached hydrogens (tertiary/aromatic N) is 3. The Morgan fingerprint density at radius 1 is 0.917 bits per heavy atom. The van der Waals surface area contributed by atoms with E-state index in [9.17, 15) is 18.0 Å². The minimum Gasteiger partial charge on any atom is -0.318 e. The molecule has 0 aliphatic rings. The van der Waals surface area contributed by atoms with Crippen molar-refractivity contribution in [3.05, 3.63) is 100 Å². The van der Waals surface area contributed by atoms with Gasteiger partial charge in [0, 0.05) is 18.5 Å². The van der Waals surface area contributed by atoms with E-state index >= 15 is 0 Å². The van der Waals surface area contributed by atoms with Crippen LogP contribution in [0.1, 0.15) is 43.0 Å². The number of carbonyl (C=O) groups excluding carboxylic acids is 1. The summed E-state index contributed by atoms with van der Waals surface area (Å²) in [6.45, 7) is 6.85. The molecule has 3 aromatic carbocycles. The Morgan fingerprint density at radius 3 is 2.28 bits per heavy atom. The first kappa shape index (κ1) is 25.8. The normalized spacial score (nSPS) is 12.2. The van der Waals surface area contributed by atoms with Crippen LogP contribution in [0.2, 0.25) is 5.15 Å². The van der Waals surface area contributed by atoms with Gasteiger partial charge in [-0.05, 0) is 46.7 Å². The number of fused-ring (bicyclic) bond motifs is 1. The van der Waals surface area contributed by atoms with Crippen LogP contribution in [0.25, 0.3) is 10.9 Å². The predicted molar refractivity (Wildman–Crippen MR) is 136 cm³/mol. The molecule has 0 aliphatic heterocycles. The lowest BCUT2D eigenvalue weighted by Gasteiger charge is -2.24. The molecular formula is C28H27ClF3N3O. The van der Waals surface area contributed by atoms with Gasteiger partial charge < -0.3 is 4.90 Å². The number of rotatable bonds is 5. The number of carbonyl (C=O) groups is 1. The lowest BCUT2D eigenvalue weighted by Crippen LogP contribution is -2.36. The molecule has 4 nitrogen and oxygen atoms in total. The molecule has 1 aromatic heterocycles. The third kappa shape index (κ3) is 5.73. The quantitative estimate of drug-likeness (QED) is 0.274. The Bertz CT molecular complexity index is 1370. The molecule has 0 fully saturated rings.